The molecule has 0 heterocycles. The molecule has 24 heavy (non-hydrogen) atoms. The Morgan fingerprint density at radius 3 is 2.38 bits per heavy atom. The van der Waals surface area contributed by atoms with Gasteiger partial charge in [0.1, 0.15) is 5.82 Å². The molecule has 0 radical (unpaired) electrons. The van der Waals surface area contributed by atoms with Crippen LogP contribution in [0.1, 0.15) is 38.5 Å². The Balaban J connectivity index is 1.69. The van der Waals surface area contributed by atoms with Crippen molar-refractivity contribution in [1.29, 1.82) is 0 Å². The van der Waals surface area contributed by atoms with Crippen LogP contribution in [0.2, 0.25) is 0 Å². The van der Waals surface area contributed by atoms with E-state index >= 15 is 0 Å². The maximum atomic E-state index is 13.6. The molecule has 0 aliphatic heterocycles. The van der Waals surface area contributed by atoms with Crippen LogP contribution >= 0.6 is 0 Å². The zero-order valence-electron chi connectivity index (χ0n) is 14.0. The molecule has 0 atom stereocenters. The fraction of sp³-hybridized carbons (Fsp3) is 0.579. The normalized spacial score (nSPS) is 23.6. The van der Waals surface area contributed by atoms with Crippen molar-refractivity contribution < 1.29 is 18.7 Å². The van der Waals surface area contributed by atoms with Crippen molar-refractivity contribution in [3.05, 3.63) is 30.1 Å². The number of halogens is 1. The summed E-state index contributed by atoms with van der Waals surface area (Å²) in [5.41, 5.74) is 0.641. The van der Waals surface area contributed by atoms with Crippen LogP contribution in [0.4, 0.5) is 10.1 Å². The monoisotopic (exact) mass is 333 g/mol. The molecule has 4 nitrogen and oxygen atoms in total. The quantitative estimate of drug-likeness (QED) is 0.774. The molecule has 5 heteroatoms. The van der Waals surface area contributed by atoms with E-state index in [2.05, 4.69) is 0 Å². The van der Waals surface area contributed by atoms with Crippen LogP contribution in [0.5, 0.6) is 0 Å². The Morgan fingerprint density at radius 1 is 1.12 bits per heavy atom. The van der Waals surface area contributed by atoms with Crippen molar-refractivity contribution in [2.75, 3.05) is 18.6 Å². The van der Waals surface area contributed by atoms with E-state index in [0.29, 0.717) is 43.8 Å². The largest absolute Gasteiger partial charge is 0.469 e. The van der Waals surface area contributed by atoms with Gasteiger partial charge in [-0.25, -0.2) is 4.39 Å². The van der Waals surface area contributed by atoms with E-state index in [1.54, 1.807) is 17.0 Å². The second-order valence-electron chi connectivity index (χ2n) is 6.94. The van der Waals surface area contributed by atoms with Gasteiger partial charge in [-0.1, -0.05) is 6.07 Å². The summed E-state index contributed by atoms with van der Waals surface area (Å²) in [5, 5.41) is 0. The fourth-order valence-corrected chi connectivity index (χ4v) is 3.49. The Morgan fingerprint density at radius 2 is 1.79 bits per heavy atom. The lowest BCUT2D eigenvalue weighted by molar-refractivity contribution is -0.147. The van der Waals surface area contributed by atoms with Gasteiger partial charge in [-0.3, -0.25) is 9.59 Å². The van der Waals surface area contributed by atoms with Crippen molar-refractivity contribution >= 4 is 17.6 Å². The topological polar surface area (TPSA) is 46.6 Å². The van der Waals surface area contributed by atoms with Gasteiger partial charge in [-0.05, 0) is 62.6 Å². The van der Waals surface area contributed by atoms with Crippen molar-refractivity contribution in [1.82, 2.24) is 0 Å². The number of hydrogen-bond acceptors (Lipinski definition) is 3. The van der Waals surface area contributed by atoms with E-state index in [-0.39, 0.29) is 29.5 Å². The van der Waals surface area contributed by atoms with Crippen LogP contribution in [0.3, 0.4) is 0 Å². The molecule has 0 saturated heterocycles. The highest BCUT2D eigenvalue weighted by Crippen LogP contribution is 2.35. The van der Waals surface area contributed by atoms with Gasteiger partial charge < -0.3 is 9.64 Å². The highest BCUT2D eigenvalue weighted by atomic mass is 19.1. The second-order valence-corrected chi connectivity index (χ2v) is 6.94. The van der Waals surface area contributed by atoms with Gasteiger partial charge in [-0.2, -0.15) is 0 Å². The van der Waals surface area contributed by atoms with Gasteiger partial charge in [-0.15, -0.1) is 0 Å². The Bertz CT molecular complexity index is 606. The molecule has 3 rings (SSSR count). The number of methoxy groups -OCH3 is 1. The molecule has 0 spiro atoms. The summed E-state index contributed by atoms with van der Waals surface area (Å²) < 4.78 is 18.4. The lowest BCUT2D eigenvalue weighted by Crippen LogP contribution is -2.39. The Labute approximate surface area is 142 Å². The summed E-state index contributed by atoms with van der Waals surface area (Å²) in [7, 11) is 1.40. The molecule has 0 unspecified atom stereocenters. The van der Waals surface area contributed by atoms with Crippen molar-refractivity contribution in [3.8, 4) is 0 Å². The van der Waals surface area contributed by atoms with Gasteiger partial charge in [0.25, 0.3) is 0 Å². The molecule has 0 N–H and O–H groups in total. The van der Waals surface area contributed by atoms with Gasteiger partial charge in [0.15, 0.2) is 0 Å². The van der Waals surface area contributed by atoms with Gasteiger partial charge >= 0.3 is 5.97 Å². The van der Waals surface area contributed by atoms with Gasteiger partial charge in [0.2, 0.25) is 5.91 Å². The predicted octanol–water partition coefficient (Wildman–Crippen LogP) is 3.55. The second kappa shape index (κ2) is 7.32. The highest BCUT2D eigenvalue weighted by molar-refractivity contribution is 5.95. The number of benzene rings is 1. The first-order chi connectivity index (χ1) is 11.6. The van der Waals surface area contributed by atoms with Gasteiger partial charge in [0, 0.05) is 18.2 Å². The minimum Gasteiger partial charge on any atom is -0.469 e. The number of nitrogens with zero attached hydrogens (tertiary/aromatic N) is 1. The van der Waals surface area contributed by atoms with Crippen LogP contribution in [0.15, 0.2) is 24.3 Å². The first kappa shape index (κ1) is 16.9. The number of carbonyl (C=O) groups is 2. The molecule has 2 fully saturated rings. The van der Waals surface area contributed by atoms with Crippen LogP contribution < -0.4 is 4.90 Å². The summed E-state index contributed by atoms with van der Waals surface area (Å²) in [6.07, 6.45) is 5.01. The zero-order valence-corrected chi connectivity index (χ0v) is 14.0. The zero-order chi connectivity index (χ0) is 17.1. The average molecular weight is 333 g/mol. The summed E-state index contributed by atoms with van der Waals surface area (Å²) >= 11 is 0. The van der Waals surface area contributed by atoms with Crippen molar-refractivity contribution in [2.24, 2.45) is 17.8 Å². The molecular weight excluding hydrogens is 309 g/mol. The average Bonchev–Trinajstić information content (AvgIpc) is 3.43. The number of anilines is 1. The number of carbonyl (C=O) groups excluding carboxylic acids is 2. The summed E-state index contributed by atoms with van der Waals surface area (Å²) in [6, 6.07) is 6.26. The third kappa shape index (κ3) is 3.94. The minimum absolute atomic E-state index is 0.0656. The maximum absolute atomic E-state index is 13.6. The fourth-order valence-electron chi connectivity index (χ4n) is 3.49. The first-order valence-electron chi connectivity index (χ1n) is 8.73. The molecular formula is C19H24FNO3. The van der Waals surface area contributed by atoms with Crippen LogP contribution in [-0.2, 0) is 14.3 Å². The molecule has 1 amide bonds. The van der Waals surface area contributed by atoms with Crippen LogP contribution in [-0.4, -0.2) is 25.5 Å². The van der Waals surface area contributed by atoms with Crippen molar-refractivity contribution in [2.45, 2.75) is 38.5 Å². The number of amides is 1. The number of rotatable bonds is 5. The maximum Gasteiger partial charge on any atom is 0.308 e. The molecule has 1 aromatic carbocycles. The van der Waals surface area contributed by atoms with Crippen LogP contribution in [0, 0.1) is 23.6 Å². The highest BCUT2D eigenvalue weighted by Gasteiger charge is 2.35. The molecule has 2 aliphatic carbocycles. The van der Waals surface area contributed by atoms with Crippen LogP contribution in [0.25, 0.3) is 0 Å². The third-order valence-corrected chi connectivity index (χ3v) is 5.13. The summed E-state index contributed by atoms with van der Waals surface area (Å²) in [5.74, 6) is -0.0890. The third-order valence-electron chi connectivity index (χ3n) is 5.13. The smallest absolute Gasteiger partial charge is 0.308 e. The standard InChI is InChI=1S/C19H24FNO3/c1-24-19(23)15-9-7-14(8-10-15)18(22)21(12-13-5-6-13)17-4-2-3-16(20)11-17/h2-4,11,13-15H,5-10,12H2,1H3. The summed E-state index contributed by atoms with van der Waals surface area (Å²) in [4.78, 5) is 26.4. The van der Waals surface area contributed by atoms with E-state index in [0.717, 1.165) is 12.8 Å². The molecule has 2 aliphatic rings. The Kier molecular flexibility index (Phi) is 5.17. The van der Waals surface area contributed by atoms with E-state index < -0.39 is 0 Å². The van der Waals surface area contributed by atoms with Gasteiger partial charge in [0.05, 0.1) is 13.0 Å². The molecule has 0 aromatic heterocycles. The van der Waals surface area contributed by atoms with Crippen molar-refractivity contribution in [3.63, 3.8) is 0 Å². The number of ether oxygens (including phenoxy) is 1. The molecule has 130 valence electrons. The van der Waals surface area contributed by atoms with E-state index in [9.17, 15) is 14.0 Å². The minimum atomic E-state index is -0.324. The first-order valence-corrected chi connectivity index (χ1v) is 8.73. The SMILES string of the molecule is COC(=O)C1CCC(C(=O)N(CC2CC2)c2cccc(F)c2)CC1. The van der Waals surface area contributed by atoms with E-state index in [4.69, 9.17) is 4.74 Å². The Hall–Kier alpha value is -1.91. The number of esters is 1. The van der Waals surface area contributed by atoms with E-state index in [1.807, 2.05) is 0 Å². The predicted molar refractivity (Wildman–Crippen MR) is 88.9 cm³/mol. The molecule has 2 saturated carbocycles. The molecule has 1 aromatic rings. The summed E-state index contributed by atoms with van der Waals surface area (Å²) in [6.45, 7) is 0.666. The molecule has 0 bridgehead atoms. The lowest BCUT2D eigenvalue weighted by atomic mass is 9.81. The van der Waals surface area contributed by atoms with E-state index in [1.165, 1.54) is 19.2 Å². The lowest BCUT2D eigenvalue weighted by Gasteiger charge is -2.31. The number of hydrogen-bond donors (Lipinski definition) is 0.